The van der Waals surface area contributed by atoms with Crippen molar-refractivity contribution in [1.29, 1.82) is 0 Å². The summed E-state index contributed by atoms with van der Waals surface area (Å²) in [6.45, 7) is 3.13. The first-order valence-corrected chi connectivity index (χ1v) is 13.2. The Morgan fingerprint density at radius 2 is 1.68 bits per heavy atom. The van der Waals surface area contributed by atoms with Crippen molar-refractivity contribution in [2.75, 3.05) is 13.7 Å². The van der Waals surface area contributed by atoms with E-state index < -0.39 is 6.04 Å². The smallest absolute Gasteiger partial charge is 0.291 e. The molecule has 1 atom stereocenters. The molecule has 1 aliphatic heterocycles. The second-order valence-corrected chi connectivity index (χ2v) is 10.0. The summed E-state index contributed by atoms with van der Waals surface area (Å²) in [7, 11) is 1.61. The topological polar surface area (TPSA) is 69.0 Å². The lowest BCUT2D eigenvalue weighted by atomic mass is 9.98. The summed E-state index contributed by atoms with van der Waals surface area (Å²) in [5.74, 6) is 1.29. The van der Waals surface area contributed by atoms with E-state index in [-0.39, 0.29) is 17.1 Å². The van der Waals surface area contributed by atoms with E-state index in [9.17, 15) is 9.59 Å². The van der Waals surface area contributed by atoms with Gasteiger partial charge < -0.3 is 18.8 Å². The number of rotatable bonds is 9. The van der Waals surface area contributed by atoms with Crippen molar-refractivity contribution in [3.8, 4) is 11.5 Å². The van der Waals surface area contributed by atoms with E-state index >= 15 is 0 Å². The van der Waals surface area contributed by atoms with Crippen LogP contribution in [0.2, 0.25) is 0 Å². The van der Waals surface area contributed by atoms with Gasteiger partial charge >= 0.3 is 0 Å². The van der Waals surface area contributed by atoms with E-state index in [1.165, 1.54) is 0 Å². The number of unbranched alkanes of at least 4 members (excludes halogenated alkanes) is 2. The Morgan fingerprint density at radius 3 is 2.38 bits per heavy atom. The van der Waals surface area contributed by atoms with Crippen molar-refractivity contribution in [2.24, 2.45) is 0 Å². The number of halogens is 1. The molecule has 190 valence electrons. The van der Waals surface area contributed by atoms with Gasteiger partial charge in [0.25, 0.3) is 5.91 Å². The zero-order valence-corrected chi connectivity index (χ0v) is 22.4. The third-order valence-corrected chi connectivity index (χ3v) is 7.15. The molecule has 0 bridgehead atoms. The van der Waals surface area contributed by atoms with Crippen LogP contribution >= 0.6 is 15.9 Å². The molecule has 4 aromatic rings. The quantitative estimate of drug-likeness (QED) is 0.208. The van der Waals surface area contributed by atoms with Crippen LogP contribution in [0.4, 0.5) is 0 Å². The monoisotopic (exact) mass is 561 g/mol. The van der Waals surface area contributed by atoms with Crippen LogP contribution in [0.3, 0.4) is 0 Å². The van der Waals surface area contributed by atoms with Crippen molar-refractivity contribution >= 4 is 32.8 Å². The molecule has 3 aromatic carbocycles. The maximum atomic E-state index is 13.8. The molecule has 1 aliphatic rings. The van der Waals surface area contributed by atoms with E-state index in [4.69, 9.17) is 13.9 Å². The van der Waals surface area contributed by atoms with Crippen LogP contribution in [-0.4, -0.2) is 24.5 Å². The lowest BCUT2D eigenvalue weighted by molar-refractivity contribution is 0.0714. The first kappa shape index (κ1) is 25.1. The minimum atomic E-state index is -0.585. The van der Waals surface area contributed by atoms with Gasteiger partial charge in [0.05, 0.1) is 30.7 Å². The van der Waals surface area contributed by atoms with Gasteiger partial charge in [0.1, 0.15) is 17.1 Å². The summed E-state index contributed by atoms with van der Waals surface area (Å²) in [6.07, 6.45) is 3.26. The van der Waals surface area contributed by atoms with Gasteiger partial charge in [-0.15, -0.1) is 0 Å². The third-order valence-electron chi connectivity index (χ3n) is 6.65. The Kier molecular flexibility index (Phi) is 7.33. The minimum Gasteiger partial charge on any atom is -0.497 e. The van der Waals surface area contributed by atoms with Crippen molar-refractivity contribution < 1.29 is 18.7 Å². The van der Waals surface area contributed by atoms with Crippen LogP contribution in [0.25, 0.3) is 11.0 Å². The number of carbonyl (C=O) groups excluding carboxylic acids is 1. The van der Waals surface area contributed by atoms with E-state index in [0.717, 1.165) is 46.4 Å². The molecule has 6 nitrogen and oxygen atoms in total. The Balaban J connectivity index is 1.56. The van der Waals surface area contributed by atoms with E-state index in [0.29, 0.717) is 29.7 Å². The summed E-state index contributed by atoms with van der Waals surface area (Å²) < 4.78 is 18.0. The summed E-state index contributed by atoms with van der Waals surface area (Å²) in [4.78, 5) is 29.1. The molecule has 0 fully saturated rings. The van der Waals surface area contributed by atoms with Gasteiger partial charge in [-0.2, -0.15) is 0 Å². The zero-order valence-electron chi connectivity index (χ0n) is 20.8. The van der Waals surface area contributed by atoms with Crippen LogP contribution in [0, 0.1) is 0 Å². The van der Waals surface area contributed by atoms with Crippen LogP contribution in [0.15, 0.2) is 80.4 Å². The maximum Gasteiger partial charge on any atom is 0.291 e. The highest BCUT2D eigenvalue weighted by atomic mass is 79.9. The van der Waals surface area contributed by atoms with Crippen LogP contribution < -0.4 is 14.9 Å². The Bertz CT molecular complexity index is 1480. The normalized spacial score (nSPS) is 14.7. The highest BCUT2D eigenvalue weighted by Gasteiger charge is 2.42. The SMILES string of the molecule is CCCCCOc1ccc(C2c3c(oc4ccc(Br)cc4c3=O)C(=O)N2Cc2ccc(OC)cc2)cc1. The zero-order chi connectivity index (χ0) is 25.9. The molecule has 0 spiro atoms. The van der Waals surface area contributed by atoms with Gasteiger partial charge in [0.15, 0.2) is 5.43 Å². The van der Waals surface area contributed by atoms with Gasteiger partial charge in [0.2, 0.25) is 5.76 Å². The average molecular weight is 562 g/mol. The first-order chi connectivity index (χ1) is 18.0. The second-order valence-electron chi connectivity index (χ2n) is 9.12. The number of nitrogens with zero attached hydrogens (tertiary/aromatic N) is 1. The number of amides is 1. The number of carbonyl (C=O) groups is 1. The van der Waals surface area contributed by atoms with Gasteiger partial charge in [-0.05, 0) is 60.0 Å². The number of hydrogen-bond donors (Lipinski definition) is 0. The Morgan fingerprint density at radius 1 is 0.946 bits per heavy atom. The standard InChI is InChI=1S/C30H28BrNO5/c1-3-4-5-16-36-23-13-8-20(9-14-23)27-26-28(33)24-17-21(31)10-15-25(24)37-29(26)30(34)32(27)18-19-6-11-22(35-2)12-7-19/h6-15,17,27H,3-5,16,18H2,1-2H3. The fourth-order valence-corrected chi connectivity index (χ4v) is 5.08. The molecule has 0 saturated carbocycles. The molecule has 0 N–H and O–H groups in total. The molecule has 0 radical (unpaired) electrons. The third kappa shape index (κ3) is 5.01. The number of ether oxygens (including phenoxy) is 2. The molecular weight excluding hydrogens is 534 g/mol. The largest absolute Gasteiger partial charge is 0.497 e. The molecule has 5 rings (SSSR count). The van der Waals surface area contributed by atoms with Crippen molar-refractivity contribution in [3.05, 3.63) is 104 Å². The highest BCUT2D eigenvalue weighted by Crippen LogP contribution is 2.40. The van der Waals surface area contributed by atoms with Crippen LogP contribution in [0.5, 0.6) is 11.5 Å². The molecule has 0 aliphatic carbocycles. The first-order valence-electron chi connectivity index (χ1n) is 12.4. The predicted molar refractivity (Wildman–Crippen MR) is 146 cm³/mol. The predicted octanol–water partition coefficient (Wildman–Crippen LogP) is 6.88. The molecule has 0 saturated heterocycles. The fraction of sp³-hybridized carbons (Fsp3) is 0.267. The number of methoxy groups -OCH3 is 1. The van der Waals surface area contributed by atoms with E-state index in [2.05, 4.69) is 22.9 Å². The van der Waals surface area contributed by atoms with Crippen LogP contribution in [0.1, 0.15) is 59.5 Å². The summed E-state index contributed by atoms with van der Waals surface area (Å²) in [5.41, 5.74) is 2.29. The number of benzene rings is 3. The Hall–Kier alpha value is -3.58. The molecule has 2 heterocycles. The van der Waals surface area contributed by atoms with Crippen molar-refractivity contribution in [1.82, 2.24) is 4.90 Å². The average Bonchev–Trinajstić information content (AvgIpc) is 3.19. The Labute approximate surface area is 223 Å². The number of hydrogen-bond acceptors (Lipinski definition) is 5. The van der Waals surface area contributed by atoms with Crippen molar-refractivity contribution in [2.45, 2.75) is 38.8 Å². The molecular formula is C30H28BrNO5. The maximum absolute atomic E-state index is 13.8. The molecule has 1 amide bonds. The second kappa shape index (κ2) is 10.8. The fourth-order valence-electron chi connectivity index (χ4n) is 4.72. The molecule has 7 heteroatoms. The van der Waals surface area contributed by atoms with Gasteiger partial charge in [-0.25, -0.2) is 0 Å². The highest BCUT2D eigenvalue weighted by molar-refractivity contribution is 9.10. The molecule has 1 aromatic heterocycles. The van der Waals surface area contributed by atoms with E-state index in [1.54, 1.807) is 30.2 Å². The van der Waals surface area contributed by atoms with Gasteiger partial charge in [-0.1, -0.05) is 60.0 Å². The molecule has 37 heavy (non-hydrogen) atoms. The van der Waals surface area contributed by atoms with Gasteiger partial charge in [0, 0.05) is 11.0 Å². The van der Waals surface area contributed by atoms with Crippen LogP contribution in [-0.2, 0) is 6.54 Å². The summed E-state index contributed by atoms with van der Waals surface area (Å²) in [6, 6.07) is 19.9. The van der Waals surface area contributed by atoms with E-state index in [1.807, 2.05) is 48.5 Å². The number of fused-ring (bicyclic) bond motifs is 2. The van der Waals surface area contributed by atoms with Crippen molar-refractivity contribution in [3.63, 3.8) is 0 Å². The summed E-state index contributed by atoms with van der Waals surface area (Å²) >= 11 is 3.44. The molecule has 1 unspecified atom stereocenters. The lowest BCUT2D eigenvalue weighted by Gasteiger charge is -2.25. The minimum absolute atomic E-state index is 0.0956. The van der Waals surface area contributed by atoms with Gasteiger partial charge in [-0.3, -0.25) is 9.59 Å². The summed E-state index contributed by atoms with van der Waals surface area (Å²) in [5, 5.41) is 0.438. The lowest BCUT2D eigenvalue weighted by Crippen LogP contribution is -2.29.